The van der Waals surface area contributed by atoms with E-state index in [0.717, 1.165) is 6.42 Å². The Kier molecular flexibility index (Phi) is 4.91. The molecule has 3 nitrogen and oxygen atoms in total. The first-order valence-corrected chi connectivity index (χ1v) is 5.87. The summed E-state index contributed by atoms with van der Waals surface area (Å²) in [7, 11) is 0. The van der Waals surface area contributed by atoms with Crippen LogP contribution in [0, 0.1) is 5.82 Å². The van der Waals surface area contributed by atoms with Gasteiger partial charge in [0.25, 0.3) is 5.91 Å². The molecular weight excluding hydrogens is 310 g/mol. The predicted octanol–water partition coefficient (Wildman–Crippen LogP) is 2.18. The lowest BCUT2D eigenvalue weighted by Crippen LogP contribution is -2.31. The number of nitrogens with two attached hydrogens (primary N) is 1. The lowest BCUT2D eigenvalue weighted by molar-refractivity contribution is 0.0791. The summed E-state index contributed by atoms with van der Waals surface area (Å²) in [5, 5.41) is 0. The molecule has 1 fully saturated rings. The van der Waals surface area contributed by atoms with Gasteiger partial charge in [0.2, 0.25) is 0 Å². The lowest BCUT2D eigenvalue weighted by Gasteiger charge is -2.15. The van der Waals surface area contributed by atoms with E-state index in [1.54, 1.807) is 4.90 Å². The van der Waals surface area contributed by atoms with Crippen molar-refractivity contribution in [3.8, 4) is 0 Å². The number of rotatable bonds is 1. The quantitative estimate of drug-likeness (QED) is 0.861. The van der Waals surface area contributed by atoms with Crippen LogP contribution in [0.4, 0.5) is 4.39 Å². The normalized spacial score (nSPS) is 19.0. The Balaban J connectivity index is 0.00000144. The Morgan fingerprint density at radius 1 is 1.53 bits per heavy atom. The van der Waals surface area contributed by atoms with Crippen LogP contribution in [0.3, 0.4) is 0 Å². The molecule has 94 valence electrons. The minimum atomic E-state index is -0.366. The highest BCUT2D eigenvalue weighted by Gasteiger charge is 2.24. The number of halogens is 3. The van der Waals surface area contributed by atoms with Gasteiger partial charge in [0.1, 0.15) is 5.82 Å². The van der Waals surface area contributed by atoms with E-state index in [4.69, 9.17) is 5.73 Å². The first kappa shape index (κ1) is 14.4. The highest BCUT2D eigenvalue weighted by atomic mass is 79.9. The zero-order chi connectivity index (χ0) is 11.7. The zero-order valence-corrected chi connectivity index (χ0v) is 11.4. The Bertz CT molecular complexity index is 430. The van der Waals surface area contributed by atoms with Crippen LogP contribution in [-0.2, 0) is 0 Å². The Labute approximate surface area is 114 Å². The van der Waals surface area contributed by atoms with Crippen LogP contribution < -0.4 is 5.73 Å². The molecule has 0 radical (unpaired) electrons. The molecule has 1 atom stereocenters. The largest absolute Gasteiger partial charge is 0.337 e. The SMILES string of the molecule is Cl.NC1CCN(C(=O)c2ccc(F)c(Br)c2)C1. The van der Waals surface area contributed by atoms with Gasteiger partial charge in [-0.15, -0.1) is 12.4 Å². The van der Waals surface area contributed by atoms with E-state index in [0.29, 0.717) is 23.1 Å². The molecule has 0 spiro atoms. The number of hydrogen-bond donors (Lipinski definition) is 1. The molecule has 1 heterocycles. The van der Waals surface area contributed by atoms with Crippen LogP contribution in [0.15, 0.2) is 22.7 Å². The van der Waals surface area contributed by atoms with Crippen molar-refractivity contribution in [2.24, 2.45) is 5.73 Å². The number of hydrogen-bond acceptors (Lipinski definition) is 2. The molecule has 17 heavy (non-hydrogen) atoms. The third-order valence-corrected chi connectivity index (χ3v) is 3.29. The van der Waals surface area contributed by atoms with Crippen LogP contribution in [0.1, 0.15) is 16.8 Å². The van der Waals surface area contributed by atoms with Crippen molar-refractivity contribution in [2.45, 2.75) is 12.5 Å². The summed E-state index contributed by atoms with van der Waals surface area (Å²) < 4.78 is 13.3. The number of amides is 1. The van der Waals surface area contributed by atoms with Gasteiger partial charge in [0.05, 0.1) is 4.47 Å². The van der Waals surface area contributed by atoms with Gasteiger partial charge in [-0.3, -0.25) is 4.79 Å². The second-order valence-electron chi connectivity index (χ2n) is 3.93. The second-order valence-corrected chi connectivity index (χ2v) is 4.78. The summed E-state index contributed by atoms with van der Waals surface area (Å²) in [5.74, 6) is -0.455. The summed E-state index contributed by atoms with van der Waals surface area (Å²) >= 11 is 3.06. The maximum Gasteiger partial charge on any atom is 0.253 e. The molecule has 0 saturated carbocycles. The molecule has 0 aromatic heterocycles. The van der Waals surface area contributed by atoms with Crippen LogP contribution in [-0.4, -0.2) is 29.9 Å². The number of likely N-dealkylation sites (tertiary alicyclic amines) is 1. The Morgan fingerprint density at radius 2 is 2.24 bits per heavy atom. The molecule has 1 aliphatic heterocycles. The van der Waals surface area contributed by atoms with Crippen molar-refractivity contribution >= 4 is 34.2 Å². The van der Waals surface area contributed by atoms with Crippen LogP contribution in [0.2, 0.25) is 0 Å². The average molecular weight is 324 g/mol. The zero-order valence-electron chi connectivity index (χ0n) is 9.03. The van der Waals surface area contributed by atoms with Gasteiger partial charge in [-0.1, -0.05) is 0 Å². The van der Waals surface area contributed by atoms with Gasteiger partial charge in [0.15, 0.2) is 0 Å². The van der Waals surface area contributed by atoms with Crippen molar-refractivity contribution in [2.75, 3.05) is 13.1 Å². The second kappa shape index (κ2) is 5.80. The van der Waals surface area contributed by atoms with Crippen molar-refractivity contribution < 1.29 is 9.18 Å². The van der Waals surface area contributed by atoms with Crippen LogP contribution in [0.5, 0.6) is 0 Å². The standard InChI is InChI=1S/C11H12BrFN2O.ClH/c12-9-5-7(1-2-10(9)13)11(16)15-4-3-8(14)6-15;/h1-2,5,8H,3-4,6,14H2;1H. The smallest absolute Gasteiger partial charge is 0.253 e. The van der Waals surface area contributed by atoms with Crippen LogP contribution >= 0.6 is 28.3 Å². The molecule has 1 aromatic rings. The number of carbonyl (C=O) groups excluding carboxylic acids is 1. The van der Waals surface area contributed by atoms with Gasteiger partial charge in [0, 0.05) is 24.7 Å². The molecule has 1 saturated heterocycles. The van der Waals surface area contributed by atoms with E-state index in [1.165, 1.54) is 18.2 Å². The molecule has 6 heteroatoms. The first-order valence-electron chi connectivity index (χ1n) is 5.08. The maximum atomic E-state index is 13.0. The molecule has 0 aliphatic carbocycles. The van der Waals surface area contributed by atoms with Gasteiger partial charge in [-0.05, 0) is 40.5 Å². The summed E-state index contributed by atoms with van der Waals surface area (Å²) in [6.45, 7) is 1.25. The number of carbonyl (C=O) groups is 1. The molecule has 2 N–H and O–H groups in total. The predicted molar refractivity (Wildman–Crippen MR) is 69.8 cm³/mol. The van der Waals surface area contributed by atoms with Crippen molar-refractivity contribution in [1.29, 1.82) is 0 Å². The summed E-state index contributed by atoms with van der Waals surface area (Å²) in [6, 6.07) is 4.34. The van der Waals surface area contributed by atoms with Crippen LogP contribution in [0.25, 0.3) is 0 Å². The summed E-state index contributed by atoms with van der Waals surface area (Å²) in [5.41, 5.74) is 6.22. The van der Waals surface area contributed by atoms with Gasteiger partial charge < -0.3 is 10.6 Å². The molecule has 1 aliphatic rings. The highest BCUT2D eigenvalue weighted by molar-refractivity contribution is 9.10. The van der Waals surface area contributed by atoms with E-state index >= 15 is 0 Å². The first-order chi connectivity index (χ1) is 7.58. The van der Waals surface area contributed by atoms with E-state index in [-0.39, 0.29) is 30.2 Å². The van der Waals surface area contributed by atoms with Crippen molar-refractivity contribution in [3.05, 3.63) is 34.1 Å². The molecule has 1 amide bonds. The molecule has 1 aromatic carbocycles. The summed E-state index contributed by atoms with van der Waals surface area (Å²) in [4.78, 5) is 13.7. The lowest BCUT2D eigenvalue weighted by atomic mass is 10.2. The fraction of sp³-hybridized carbons (Fsp3) is 0.364. The Morgan fingerprint density at radius 3 is 2.76 bits per heavy atom. The third kappa shape index (κ3) is 3.18. The van der Waals surface area contributed by atoms with E-state index in [1.807, 2.05) is 0 Å². The van der Waals surface area contributed by atoms with Crippen molar-refractivity contribution in [1.82, 2.24) is 4.90 Å². The fourth-order valence-corrected chi connectivity index (χ4v) is 2.16. The molecule has 0 bridgehead atoms. The van der Waals surface area contributed by atoms with E-state index in [9.17, 15) is 9.18 Å². The average Bonchev–Trinajstić information content (AvgIpc) is 2.68. The highest BCUT2D eigenvalue weighted by Crippen LogP contribution is 2.19. The Hall–Kier alpha value is -0.650. The van der Waals surface area contributed by atoms with E-state index < -0.39 is 0 Å². The minimum absolute atomic E-state index is 0. The van der Waals surface area contributed by atoms with Gasteiger partial charge in [-0.2, -0.15) is 0 Å². The minimum Gasteiger partial charge on any atom is -0.337 e. The third-order valence-electron chi connectivity index (χ3n) is 2.68. The monoisotopic (exact) mass is 322 g/mol. The summed E-state index contributed by atoms with van der Waals surface area (Å²) in [6.07, 6.45) is 0.827. The molecular formula is C11H13BrClFN2O. The topological polar surface area (TPSA) is 46.3 Å². The molecule has 1 unspecified atom stereocenters. The molecule has 2 rings (SSSR count). The van der Waals surface area contributed by atoms with Crippen molar-refractivity contribution in [3.63, 3.8) is 0 Å². The number of nitrogens with zero attached hydrogens (tertiary/aromatic N) is 1. The number of benzene rings is 1. The maximum absolute atomic E-state index is 13.0. The van der Waals surface area contributed by atoms with E-state index in [2.05, 4.69) is 15.9 Å². The fourth-order valence-electron chi connectivity index (χ4n) is 1.78. The van der Waals surface area contributed by atoms with Gasteiger partial charge >= 0.3 is 0 Å². The van der Waals surface area contributed by atoms with Gasteiger partial charge in [-0.25, -0.2) is 4.39 Å².